The van der Waals surface area contributed by atoms with E-state index in [0.29, 0.717) is 48.9 Å². The number of benzene rings is 3. The van der Waals surface area contributed by atoms with Crippen molar-refractivity contribution in [3.63, 3.8) is 0 Å². The van der Waals surface area contributed by atoms with Gasteiger partial charge in [0.2, 0.25) is 21.8 Å². The van der Waals surface area contributed by atoms with E-state index < -0.39 is 21.6 Å². The number of fused-ring (bicyclic) bond motifs is 1. The second kappa shape index (κ2) is 11.6. The van der Waals surface area contributed by atoms with Gasteiger partial charge in [0.25, 0.3) is 0 Å². The number of hydrogen-bond acceptors (Lipinski definition) is 5. The van der Waals surface area contributed by atoms with Crippen LogP contribution in [0.5, 0.6) is 0 Å². The first-order chi connectivity index (χ1) is 18.0. The summed E-state index contributed by atoms with van der Waals surface area (Å²) in [5.41, 5.74) is 0.735. The van der Waals surface area contributed by atoms with Crippen LogP contribution in [-0.4, -0.2) is 45.0 Å². The lowest BCUT2D eigenvalue weighted by atomic mass is 9.97. The highest BCUT2D eigenvalue weighted by Crippen LogP contribution is 2.29. The third-order valence-corrected chi connectivity index (χ3v) is 8.19. The highest BCUT2D eigenvalue weighted by atomic mass is 32.2. The van der Waals surface area contributed by atoms with Crippen LogP contribution in [0, 0.1) is 5.92 Å². The summed E-state index contributed by atoms with van der Waals surface area (Å²) in [5, 5.41) is 6.98. The van der Waals surface area contributed by atoms with E-state index >= 15 is 0 Å². The normalized spacial score (nSPS) is 15.7. The van der Waals surface area contributed by atoms with E-state index in [1.807, 2.05) is 30.3 Å². The van der Waals surface area contributed by atoms with E-state index in [-0.39, 0.29) is 22.6 Å². The summed E-state index contributed by atoms with van der Waals surface area (Å²) >= 11 is 0. The number of amides is 2. The minimum absolute atomic E-state index is 0.134. The molecular formula is C29H35N3O5S. The Hall–Kier alpha value is -3.27. The number of rotatable bonds is 8. The molecule has 0 aromatic heterocycles. The van der Waals surface area contributed by atoms with Crippen LogP contribution in [0.25, 0.3) is 10.8 Å². The zero-order valence-electron chi connectivity index (χ0n) is 22.0. The van der Waals surface area contributed by atoms with Crippen molar-refractivity contribution in [2.24, 2.45) is 5.92 Å². The summed E-state index contributed by atoms with van der Waals surface area (Å²) in [6.45, 7) is 6.40. The van der Waals surface area contributed by atoms with Gasteiger partial charge in [-0.2, -0.15) is 0 Å². The van der Waals surface area contributed by atoms with Gasteiger partial charge in [-0.3, -0.25) is 9.59 Å². The highest BCUT2D eigenvalue weighted by Gasteiger charge is 2.28. The third kappa shape index (κ3) is 6.98. The van der Waals surface area contributed by atoms with Crippen LogP contribution in [0.4, 0.5) is 5.69 Å². The summed E-state index contributed by atoms with van der Waals surface area (Å²) < 4.78 is 34.3. The van der Waals surface area contributed by atoms with Gasteiger partial charge in [0.15, 0.2) is 0 Å². The molecule has 1 heterocycles. The van der Waals surface area contributed by atoms with E-state index in [1.165, 1.54) is 0 Å². The largest absolute Gasteiger partial charge is 0.381 e. The van der Waals surface area contributed by atoms with Crippen molar-refractivity contribution in [2.75, 3.05) is 18.5 Å². The van der Waals surface area contributed by atoms with Crippen LogP contribution in [-0.2, 0) is 30.8 Å². The van der Waals surface area contributed by atoms with Gasteiger partial charge in [-0.05, 0) is 51.3 Å². The third-order valence-electron chi connectivity index (χ3n) is 6.38. The molecule has 0 radical (unpaired) electrons. The molecule has 0 saturated carbocycles. The molecule has 1 aliphatic heterocycles. The second-order valence-corrected chi connectivity index (χ2v) is 12.3. The zero-order chi connectivity index (χ0) is 27.3. The zero-order valence-corrected chi connectivity index (χ0v) is 22.8. The molecule has 202 valence electrons. The maximum absolute atomic E-state index is 13.6. The van der Waals surface area contributed by atoms with Crippen LogP contribution < -0.4 is 15.4 Å². The first kappa shape index (κ1) is 27.8. The van der Waals surface area contributed by atoms with Crippen molar-refractivity contribution in [1.82, 2.24) is 10.0 Å². The fourth-order valence-electron chi connectivity index (χ4n) is 4.61. The first-order valence-corrected chi connectivity index (χ1v) is 14.3. The fraction of sp³-hybridized carbons (Fsp3) is 0.379. The minimum Gasteiger partial charge on any atom is -0.381 e. The molecule has 0 spiro atoms. The maximum atomic E-state index is 13.6. The topological polar surface area (TPSA) is 114 Å². The molecular weight excluding hydrogens is 502 g/mol. The van der Waals surface area contributed by atoms with Crippen LogP contribution in [0.2, 0.25) is 0 Å². The van der Waals surface area contributed by atoms with Gasteiger partial charge < -0.3 is 15.4 Å². The molecule has 0 bridgehead atoms. The molecule has 1 atom stereocenters. The lowest BCUT2D eigenvalue weighted by molar-refractivity contribution is -0.131. The minimum atomic E-state index is -3.81. The predicted octanol–water partition coefficient (Wildman–Crippen LogP) is 4.01. The number of nitrogens with one attached hydrogen (secondary N) is 3. The average Bonchev–Trinajstić information content (AvgIpc) is 2.88. The average molecular weight is 538 g/mol. The first-order valence-electron chi connectivity index (χ1n) is 12.8. The van der Waals surface area contributed by atoms with Crippen LogP contribution >= 0.6 is 0 Å². The van der Waals surface area contributed by atoms with Crippen molar-refractivity contribution in [3.8, 4) is 0 Å². The van der Waals surface area contributed by atoms with Gasteiger partial charge >= 0.3 is 0 Å². The quantitative estimate of drug-likeness (QED) is 0.402. The second-order valence-electron chi connectivity index (χ2n) is 10.6. The number of hydrogen-bond donors (Lipinski definition) is 3. The fourth-order valence-corrected chi connectivity index (χ4v) is 6.25. The Balaban J connectivity index is 1.62. The maximum Gasteiger partial charge on any atom is 0.247 e. The lowest BCUT2D eigenvalue weighted by Gasteiger charge is -2.25. The van der Waals surface area contributed by atoms with Crippen molar-refractivity contribution in [3.05, 3.63) is 72.3 Å². The van der Waals surface area contributed by atoms with Crippen molar-refractivity contribution in [2.45, 2.75) is 56.5 Å². The van der Waals surface area contributed by atoms with E-state index in [0.717, 1.165) is 5.56 Å². The van der Waals surface area contributed by atoms with Gasteiger partial charge in [0, 0.05) is 47.6 Å². The Labute approximate surface area is 224 Å². The molecule has 0 aliphatic carbocycles. The summed E-state index contributed by atoms with van der Waals surface area (Å²) in [6.07, 6.45) is 1.56. The Morgan fingerprint density at radius 2 is 1.58 bits per heavy atom. The number of carbonyl (C=O) groups is 2. The molecule has 2 amide bonds. The van der Waals surface area contributed by atoms with Crippen LogP contribution in [0.1, 0.15) is 39.2 Å². The Bertz CT molecular complexity index is 1390. The van der Waals surface area contributed by atoms with E-state index in [4.69, 9.17) is 4.74 Å². The molecule has 1 saturated heterocycles. The summed E-state index contributed by atoms with van der Waals surface area (Å²) in [5.74, 6) is -0.734. The SMILES string of the molecule is CC(C)(C)NS(=O)(=O)c1cccc2c(NC(=O)[C@H](Cc3ccccc3)NC(=O)C3CCOCC3)cccc12. The Kier molecular flexibility index (Phi) is 8.50. The predicted molar refractivity (Wildman–Crippen MR) is 148 cm³/mol. The molecule has 38 heavy (non-hydrogen) atoms. The van der Waals surface area contributed by atoms with Gasteiger partial charge in [-0.15, -0.1) is 0 Å². The molecule has 3 aromatic rings. The number of anilines is 1. The van der Waals surface area contributed by atoms with Gasteiger partial charge in [0.1, 0.15) is 6.04 Å². The molecule has 1 aliphatic rings. The molecule has 3 aromatic carbocycles. The lowest BCUT2D eigenvalue weighted by Crippen LogP contribution is -2.48. The standard InChI is InChI=1S/C29H35N3O5S/c1-29(2,3)32-38(35,36)26-14-8-11-22-23(26)12-7-13-24(22)30-28(34)25(19-20-9-5-4-6-10-20)31-27(33)21-15-17-37-18-16-21/h4-14,21,25,32H,15-19H2,1-3H3,(H,30,34)(H,31,33)/t25-/m0/s1. The molecule has 8 nitrogen and oxygen atoms in total. The molecule has 1 fully saturated rings. The molecule has 3 N–H and O–H groups in total. The number of sulfonamides is 1. The molecule has 9 heteroatoms. The van der Waals surface area contributed by atoms with Crippen LogP contribution in [0.3, 0.4) is 0 Å². The smallest absolute Gasteiger partial charge is 0.247 e. The number of carbonyl (C=O) groups excluding carboxylic acids is 2. The van der Waals surface area contributed by atoms with Gasteiger partial charge in [-0.1, -0.05) is 54.6 Å². The van der Waals surface area contributed by atoms with Crippen LogP contribution in [0.15, 0.2) is 71.6 Å². The van der Waals surface area contributed by atoms with Crippen molar-refractivity contribution >= 4 is 38.3 Å². The van der Waals surface area contributed by atoms with E-state index in [2.05, 4.69) is 15.4 Å². The summed E-state index contributed by atoms with van der Waals surface area (Å²) in [7, 11) is -3.81. The summed E-state index contributed by atoms with van der Waals surface area (Å²) in [6, 6.07) is 18.8. The Morgan fingerprint density at radius 3 is 2.26 bits per heavy atom. The van der Waals surface area contributed by atoms with Gasteiger partial charge in [-0.25, -0.2) is 13.1 Å². The van der Waals surface area contributed by atoms with E-state index in [9.17, 15) is 18.0 Å². The Morgan fingerprint density at radius 1 is 0.921 bits per heavy atom. The molecule has 0 unspecified atom stereocenters. The highest BCUT2D eigenvalue weighted by molar-refractivity contribution is 7.89. The summed E-state index contributed by atoms with van der Waals surface area (Å²) in [4.78, 5) is 26.7. The monoisotopic (exact) mass is 537 g/mol. The van der Waals surface area contributed by atoms with Crippen molar-refractivity contribution in [1.29, 1.82) is 0 Å². The van der Waals surface area contributed by atoms with Gasteiger partial charge in [0.05, 0.1) is 4.90 Å². The number of ether oxygens (including phenoxy) is 1. The van der Waals surface area contributed by atoms with Crippen molar-refractivity contribution < 1.29 is 22.7 Å². The molecule has 4 rings (SSSR count). The van der Waals surface area contributed by atoms with E-state index in [1.54, 1.807) is 57.2 Å².